The van der Waals surface area contributed by atoms with E-state index in [0.29, 0.717) is 44.3 Å². The summed E-state index contributed by atoms with van der Waals surface area (Å²) in [5.41, 5.74) is 7.67. The van der Waals surface area contributed by atoms with Crippen LogP contribution in [0, 0.1) is 11.8 Å². The van der Waals surface area contributed by atoms with Crippen LogP contribution < -0.4 is 21.3 Å². The molecule has 0 aromatic heterocycles. The Hall–Kier alpha value is -3.86. The van der Waals surface area contributed by atoms with Crippen molar-refractivity contribution in [1.29, 1.82) is 0 Å². The van der Waals surface area contributed by atoms with Gasteiger partial charge in [-0.1, -0.05) is 62.4 Å². The Morgan fingerprint density at radius 1 is 1.00 bits per heavy atom. The highest BCUT2D eigenvalue weighted by Crippen LogP contribution is 2.48. The number of anilines is 1. The predicted molar refractivity (Wildman–Crippen MR) is 190 cm³/mol. The van der Waals surface area contributed by atoms with E-state index in [4.69, 9.17) is 10.3 Å². The Balaban J connectivity index is 1.75. The molecule has 1 heterocycles. The van der Waals surface area contributed by atoms with Crippen molar-refractivity contribution in [3.63, 3.8) is 0 Å². The average molecular weight is 698 g/mol. The number of para-hydroxylation sites is 1. The van der Waals surface area contributed by atoms with Gasteiger partial charge < -0.3 is 25.8 Å². The van der Waals surface area contributed by atoms with E-state index in [1.165, 1.54) is 25.9 Å². The molecular formula is C36H52N5O7P. The van der Waals surface area contributed by atoms with E-state index in [1.807, 2.05) is 44.2 Å². The van der Waals surface area contributed by atoms with Crippen LogP contribution in [0.15, 0.2) is 60.7 Å². The number of hydrogen-bond acceptors (Lipinski definition) is 8. The molecule has 1 saturated heterocycles. The number of hydrogen-bond donors (Lipinski definition) is 3. The van der Waals surface area contributed by atoms with Crippen molar-refractivity contribution in [2.75, 3.05) is 37.4 Å². The zero-order valence-corrected chi connectivity index (χ0v) is 30.2. The number of aryl methyl sites for hydroxylation is 1. The second kappa shape index (κ2) is 18.8. The maximum Gasteiger partial charge on any atom is 0.250 e. The van der Waals surface area contributed by atoms with E-state index < -0.39 is 55.0 Å². The number of carbonyl (C=O) groups excluding carboxylic acids is 5. The zero-order valence-electron chi connectivity index (χ0n) is 29.3. The number of rotatable bonds is 17. The summed E-state index contributed by atoms with van der Waals surface area (Å²) in [7, 11) is -2.22. The lowest BCUT2D eigenvalue weighted by Crippen LogP contribution is -2.52. The number of nitrogens with two attached hydrogens (primary N) is 1. The largest absolute Gasteiger partial charge is 0.354 e. The minimum atomic E-state index is -3.53. The maximum absolute atomic E-state index is 14.4. The van der Waals surface area contributed by atoms with E-state index >= 15 is 0 Å². The van der Waals surface area contributed by atoms with E-state index in [1.54, 1.807) is 30.3 Å². The third-order valence-corrected chi connectivity index (χ3v) is 11.3. The molecule has 5 amide bonds. The molecule has 12 nitrogen and oxygen atoms in total. The summed E-state index contributed by atoms with van der Waals surface area (Å²) in [4.78, 5) is 68.3. The normalized spacial score (nSPS) is 17.4. The molecule has 3 rings (SSSR count). The highest BCUT2D eigenvalue weighted by atomic mass is 31.2. The van der Waals surface area contributed by atoms with Crippen LogP contribution in [0.4, 0.5) is 5.69 Å². The molecule has 0 radical (unpaired) electrons. The van der Waals surface area contributed by atoms with E-state index in [0.717, 1.165) is 10.5 Å². The Labute approximate surface area is 289 Å². The maximum atomic E-state index is 14.4. The number of carbonyl (C=O) groups is 5. The molecule has 4 N–H and O–H groups in total. The zero-order chi connectivity index (χ0) is 36.1. The number of benzene rings is 2. The molecule has 1 aliphatic heterocycles. The lowest BCUT2D eigenvalue weighted by molar-refractivity contribution is -0.138. The molecule has 0 spiro atoms. The number of nitrogens with zero attached hydrogens (tertiary/aromatic N) is 2. The van der Waals surface area contributed by atoms with Gasteiger partial charge in [0.15, 0.2) is 0 Å². The van der Waals surface area contributed by atoms with Crippen LogP contribution in [0.3, 0.4) is 0 Å². The quantitative estimate of drug-likeness (QED) is 0.210. The van der Waals surface area contributed by atoms with Gasteiger partial charge in [-0.3, -0.25) is 28.5 Å². The molecule has 0 saturated carbocycles. The highest BCUT2D eigenvalue weighted by molar-refractivity contribution is 7.59. The molecular weight excluding hydrogens is 645 g/mol. The Bertz CT molecular complexity index is 1470. The van der Waals surface area contributed by atoms with Crippen molar-refractivity contribution in [2.45, 2.75) is 77.9 Å². The number of nitrogens with one attached hydrogen (secondary N) is 2. The Kier molecular flexibility index (Phi) is 15.2. The summed E-state index contributed by atoms with van der Waals surface area (Å²) in [6, 6.07) is 15.7. The molecule has 268 valence electrons. The first-order valence-corrected chi connectivity index (χ1v) is 19.0. The van der Waals surface area contributed by atoms with Gasteiger partial charge in [0, 0.05) is 45.4 Å². The first kappa shape index (κ1) is 39.6. The Morgan fingerprint density at radius 2 is 1.63 bits per heavy atom. The van der Waals surface area contributed by atoms with E-state index in [9.17, 15) is 28.5 Å². The summed E-state index contributed by atoms with van der Waals surface area (Å²) in [6.45, 7) is 7.31. The number of likely N-dealkylation sites (tertiary alicyclic amines) is 1. The van der Waals surface area contributed by atoms with Gasteiger partial charge in [0.05, 0.1) is 11.7 Å². The molecule has 1 aliphatic rings. The van der Waals surface area contributed by atoms with Crippen LogP contribution in [-0.4, -0.2) is 85.1 Å². The van der Waals surface area contributed by atoms with Crippen LogP contribution in [0.5, 0.6) is 0 Å². The minimum absolute atomic E-state index is 0.0344. The molecule has 0 bridgehead atoms. The summed E-state index contributed by atoms with van der Waals surface area (Å²) in [5.74, 6) is -2.88. The first-order valence-electron chi connectivity index (χ1n) is 17.0. The van der Waals surface area contributed by atoms with Crippen molar-refractivity contribution < 1.29 is 33.1 Å². The molecule has 13 heteroatoms. The predicted octanol–water partition coefficient (Wildman–Crippen LogP) is 3.72. The highest BCUT2D eigenvalue weighted by Gasteiger charge is 2.38. The molecule has 49 heavy (non-hydrogen) atoms. The fourth-order valence-electron chi connectivity index (χ4n) is 6.06. The topological polar surface area (TPSA) is 168 Å². The molecule has 2 aromatic carbocycles. The monoisotopic (exact) mass is 697 g/mol. The van der Waals surface area contributed by atoms with Gasteiger partial charge in [-0.25, -0.2) is 4.90 Å². The van der Waals surface area contributed by atoms with Crippen molar-refractivity contribution in [3.05, 3.63) is 66.2 Å². The van der Waals surface area contributed by atoms with E-state index in [2.05, 4.69) is 10.6 Å². The van der Waals surface area contributed by atoms with Crippen LogP contribution >= 0.6 is 7.37 Å². The van der Waals surface area contributed by atoms with Gasteiger partial charge in [-0.05, 0) is 62.6 Å². The molecule has 5 atom stereocenters. The fraction of sp³-hybridized carbons (Fsp3) is 0.528. The average Bonchev–Trinajstić information content (AvgIpc) is 3.58. The van der Waals surface area contributed by atoms with Crippen molar-refractivity contribution in [2.24, 2.45) is 17.6 Å². The van der Waals surface area contributed by atoms with Crippen LogP contribution in [0.25, 0.3) is 0 Å². The molecule has 1 fully saturated rings. The van der Waals surface area contributed by atoms with Gasteiger partial charge in [-0.15, -0.1) is 0 Å². The molecule has 2 aromatic rings. The van der Waals surface area contributed by atoms with Crippen LogP contribution in [-0.2, 0) is 39.5 Å². The molecule has 0 aliphatic carbocycles. The standard InChI is InChI=1S/C36H52N5O7P/c1-25(2)23-31(37)36(46)41(30-15-10-7-11-16-30)35(45)29(19-18-28-13-8-6-9-14-28)24-49(47,48-5)22-20-38-33(43)26(3)39-34(44)32-17-12-21-40(32)27(4)42/h6-11,13-16,25-26,29,31-32H,12,17-24,37H2,1-5H3,(H,38,43)(H,39,44)/t26-,29-,31-,32-,49+/m0/s1. The van der Waals surface area contributed by atoms with Gasteiger partial charge >= 0.3 is 0 Å². The number of imide groups is 1. The van der Waals surface area contributed by atoms with Gasteiger partial charge in [0.25, 0.3) is 5.91 Å². The second-order valence-corrected chi connectivity index (χ2v) is 15.9. The third-order valence-electron chi connectivity index (χ3n) is 8.77. The van der Waals surface area contributed by atoms with Gasteiger partial charge in [0.1, 0.15) is 12.1 Å². The van der Waals surface area contributed by atoms with Crippen molar-refractivity contribution in [1.82, 2.24) is 15.5 Å². The minimum Gasteiger partial charge on any atom is -0.354 e. The first-order chi connectivity index (χ1) is 23.3. The van der Waals surface area contributed by atoms with Gasteiger partial charge in [0.2, 0.25) is 31.0 Å². The SMILES string of the molecule is CO[P@](=O)(CCNC(=O)[C@H](C)NC(=O)[C@@H]1CCCN1C(C)=O)C[C@H](CCc1ccccc1)C(=O)N(C(=O)[C@@H](N)CC(C)C)c1ccccc1. The third kappa shape index (κ3) is 11.6. The second-order valence-electron chi connectivity index (χ2n) is 13.1. The van der Waals surface area contributed by atoms with E-state index in [-0.39, 0.29) is 30.7 Å². The molecule has 0 unspecified atom stereocenters. The number of amides is 5. The van der Waals surface area contributed by atoms with Crippen molar-refractivity contribution >= 4 is 42.6 Å². The summed E-state index contributed by atoms with van der Waals surface area (Å²) in [6.07, 6.45) is 2.17. The summed E-state index contributed by atoms with van der Waals surface area (Å²) in [5, 5.41) is 5.38. The van der Waals surface area contributed by atoms with Gasteiger partial charge in [-0.2, -0.15) is 0 Å². The van der Waals surface area contributed by atoms with Crippen LogP contribution in [0.1, 0.15) is 58.9 Å². The Morgan fingerprint density at radius 3 is 2.22 bits per heavy atom. The van der Waals surface area contributed by atoms with Crippen LogP contribution in [0.2, 0.25) is 0 Å². The van der Waals surface area contributed by atoms with Crippen molar-refractivity contribution in [3.8, 4) is 0 Å². The summed E-state index contributed by atoms with van der Waals surface area (Å²) >= 11 is 0. The summed E-state index contributed by atoms with van der Waals surface area (Å²) < 4.78 is 19.7. The fourth-order valence-corrected chi connectivity index (χ4v) is 8.04. The smallest absolute Gasteiger partial charge is 0.250 e. The lowest BCUT2D eigenvalue weighted by atomic mass is 9.98. The lowest BCUT2D eigenvalue weighted by Gasteiger charge is -2.30.